The third-order valence-electron chi connectivity index (χ3n) is 4.12. The highest BCUT2D eigenvalue weighted by molar-refractivity contribution is 6.21. The molecule has 0 atom stereocenters. The first-order valence-corrected chi connectivity index (χ1v) is 7.54. The van der Waals surface area contributed by atoms with E-state index in [9.17, 15) is 19.8 Å². The Kier molecular flexibility index (Phi) is 3.82. The van der Waals surface area contributed by atoms with Crippen molar-refractivity contribution < 1.29 is 19.8 Å². The van der Waals surface area contributed by atoms with Crippen molar-refractivity contribution in [1.29, 1.82) is 0 Å². The maximum absolute atomic E-state index is 12.2. The van der Waals surface area contributed by atoms with Crippen LogP contribution in [0.3, 0.4) is 0 Å². The van der Waals surface area contributed by atoms with Crippen LogP contribution in [-0.2, 0) is 6.54 Å². The van der Waals surface area contributed by atoms with Gasteiger partial charge in [0.05, 0.1) is 11.1 Å². The number of aromatic hydroxyl groups is 2. The Bertz CT molecular complexity index is 744. The normalized spacial score (nSPS) is 13.7. The number of carbonyl (C=O) groups excluding carboxylic acids is 2. The lowest BCUT2D eigenvalue weighted by Crippen LogP contribution is -2.30. The number of imide groups is 1. The zero-order chi connectivity index (χ0) is 16.6. The van der Waals surface area contributed by atoms with E-state index in [4.69, 9.17) is 0 Å². The monoisotopic (exact) mass is 314 g/mol. The summed E-state index contributed by atoms with van der Waals surface area (Å²) in [5, 5.41) is 19.5. The molecule has 0 spiro atoms. The summed E-state index contributed by atoms with van der Waals surface area (Å²) >= 11 is 0. The molecule has 0 fully saturated rings. The van der Waals surface area contributed by atoms with Crippen LogP contribution in [0.2, 0.25) is 0 Å². The van der Waals surface area contributed by atoms with Crippen LogP contribution >= 0.6 is 0 Å². The third-order valence-corrected chi connectivity index (χ3v) is 4.12. The van der Waals surface area contributed by atoms with Crippen LogP contribution < -0.4 is 0 Å². The molecule has 6 nitrogen and oxygen atoms in total. The van der Waals surface area contributed by atoms with E-state index in [-0.39, 0.29) is 23.6 Å². The number of unbranched alkanes of at least 4 members (excludes halogenated alkanes) is 1. The van der Waals surface area contributed by atoms with Crippen molar-refractivity contribution in [1.82, 2.24) is 9.47 Å². The summed E-state index contributed by atoms with van der Waals surface area (Å²) in [6.45, 7) is 2.47. The summed E-state index contributed by atoms with van der Waals surface area (Å²) in [5.41, 5.74) is 1.52. The number of aryl methyl sites for hydroxylation is 1. The second-order valence-corrected chi connectivity index (χ2v) is 5.68. The van der Waals surface area contributed by atoms with Gasteiger partial charge in [-0.15, -0.1) is 0 Å². The van der Waals surface area contributed by atoms with Crippen molar-refractivity contribution in [2.24, 2.45) is 0 Å². The van der Waals surface area contributed by atoms with Gasteiger partial charge in [0.1, 0.15) is 0 Å². The molecule has 2 amide bonds. The van der Waals surface area contributed by atoms with Crippen LogP contribution in [-0.4, -0.2) is 38.0 Å². The molecule has 6 heteroatoms. The molecule has 1 aliphatic heterocycles. The van der Waals surface area contributed by atoms with Crippen LogP contribution in [0.5, 0.6) is 11.8 Å². The number of hydrogen-bond donors (Lipinski definition) is 2. The van der Waals surface area contributed by atoms with Crippen molar-refractivity contribution in [3.63, 3.8) is 0 Å². The van der Waals surface area contributed by atoms with Gasteiger partial charge in [0.25, 0.3) is 11.8 Å². The van der Waals surface area contributed by atoms with Crippen LogP contribution in [0, 0.1) is 6.92 Å². The molecule has 1 aromatic heterocycles. The molecule has 0 saturated carbocycles. The van der Waals surface area contributed by atoms with Gasteiger partial charge >= 0.3 is 0 Å². The average molecular weight is 314 g/mol. The van der Waals surface area contributed by atoms with Gasteiger partial charge in [0.2, 0.25) is 0 Å². The first kappa shape index (κ1) is 15.1. The molecule has 3 rings (SSSR count). The fourth-order valence-corrected chi connectivity index (χ4v) is 2.86. The number of carbonyl (C=O) groups is 2. The van der Waals surface area contributed by atoms with Gasteiger partial charge in [-0.25, -0.2) is 0 Å². The van der Waals surface area contributed by atoms with E-state index in [0.29, 0.717) is 42.6 Å². The summed E-state index contributed by atoms with van der Waals surface area (Å²) in [4.78, 5) is 25.7. The predicted molar refractivity (Wildman–Crippen MR) is 83.5 cm³/mol. The summed E-state index contributed by atoms with van der Waals surface area (Å²) < 4.78 is 1.41. The van der Waals surface area contributed by atoms with Crippen LogP contribution in [0.1, 0.15) is 39.1 Å². The maximum Gasteiger partial charge on any atom is 0.261 e. The van der Waals surface area contributed by atoms with E-state index in [1.807, 2.05) is 0 Å². The number of benzene rings is 1. The summed E-state index contributed by atoms with van der Waals surface area (Å²) in [7, 11) is 0. The van der Waals surface area contributed by atoms with Gasteiger partial charge in [-0.05, 0) is 31.9 Å². The molecule has 0 radical (unpaired) electrons. The van der Waals surface area contributed by atoms with E-state index >= 15 is 0 Å². The Hall–Kier alpha value is -2.76. The molecule has 1 aromatic carbocycles. The van der Waals surface area contributed by atoms with Crippen LogP contribution in [0.4, 0.5) is 0 Å². The van der Waals surface area contributed by atoms with Crippen molar-refractivity contribution in [2.45, 2.75) is 26.3 Å². The molecule has 0 saturated heterocycles. The quantitative estimate of drug-likeness (QED) is 0.655. The van der Waals surface area contributed by atoms with Gasteiger partial charge in [-0.3, -0.25) is 19.1 Å². The summed E-state index contributed by atoms with van der Waals surface area (Å²) in [6.07, 6.45) is 1.23. The van der Waals surface area contributed by atoms with E-state index in [2.05, 4.69) is 0 Å². The number of nitrogens with zero attached hydrogens (tertiary/aromatic N) is 2. The van der Waals surface area contributed by atoms with Gasteiger partial charge in [0.15, 0.2) is 11.8 Å². The largest absolute Gasteiger partial charge is 0.494 e. The fraction of sp³-hybridized carbons (Fsp3) is 0.294. The van der Waals surface area contributed by atoms with Crippen molar-refractivity contribution >= 4 is 11.8 Å². The lowest BCUT2D eigenvalue weighted by molar-refractivity contribution is 0.0651. The lowest BCUT2D eigenvalue weighted by Gasteiger charge is -2.14. The van der Waals surface area contributed by atoms with Crippen LogP contribution in [0.15, 0.2) is 30.3 Å². The third kappa shape index (κ3) is 2.56. The van der Waals surface area contributed by atoms with Crippen LogP contribution in [0.25, 0.3) is 0 Å². The molecule has 2 N–H and O–H groups in total. The Morgan fingerprint density at radius 3 is 2.04 bits per heavy atom. The molecule has 0 unspecified atom stereocenters. The number of rotatable bonds is 5. The second-order valence-electron chi connectivity index (χ2n) is 5.68. The minimum Gasteiger partial charge on any atom is -0.494 e. The minimum absolute atomic E-state index is 0.0146. The van der Waals surface area contributed by atoms with E-state index in [1.165, 1.54) is 15.5 Å². The van der Waals surface area contributed by atoms with Crippen molar-refractivity contribution in [2.75, 3.05) is 6.54 Å². The lowest BCUT2D eigenvalue weighted by atomic mass is 10.1. The van der Waals surface area contributed by atoms with E-state index in [0.717, 1.165) is 0 Å². The predicted octanol–water partition coefficient (Wildman–Crippen LogP) is 2.28. The van der Waals surface area contributed by atoms with Crippen molar-refractivity contribution in [3.05, 3.63) is 47.0 Å². The fourth-order valence-electron chi connectivity index (χ4n) is 2.86. The number of aromatic nitrogens is 1. The molecule has 23 heavy (non-hydrogen) atoms. The SMILES string of the molecule is Cc1cc(O)n(CCCCN2C(=O)c3ccccc3C2=O)c1O. The Labute approximate surface area is 133 Å². The first-order chi connectivity index (χ1) is 11.0. The van der Waals surface area contributed by atoms with E-state index < -0.39 is 0 Å². The molecule has 0 bridgehead atoms. The van der Waals surface area contributed by atoms with Gasteiger partial charge in [-0.1, -0.05) is 12.1 Å². The average Bonchev–Trinajstić information content (AvgIpc) is 2.93. The molecule has 2 aromatic rings. The molecule has 120 valence electrons. The maximum atomic E-state index is 12.2. The van der Waals surface area contributed by atoms with Crippen molar-refractivity contribution in [3.8, 4) is 11.8 Å². The number of hydrogen-bond acceptors (Lipinski definition) is 4. The molecule has 0 aliphatic carbocycles. The van der Waals surface area contributed by atoms with Gasteiger partial charge in [0, 0.05) is 24.7 Å². The Morgan fingerprint density at radius 2 is 1.52 bits per heavy atom. The smallest absolute Gasteiger partial charge is 0.261 e. The standard InChI is InChI=1S/C17H18N2O4/c1-11-10-14(20)18(15(11)21)8-4-5-9-19-16(22)12-6-2-3-7-13(12)17(19)23/h2-3,6-7,10,20-21H,4-5,8-9H2,1H3. The second kappa shape index (κ2) is 5.79. The number of amides is 2. The van der Waals surface area contributed by atoms with Gasteiger partial charge in [-0.2, -0.15) is 0 Å². The van der Waals surface area contributed by atoms with Gasteiger partial charge < -0.3 is 10.2 Å². The minimum atomic E-state index is -0.256. The summed E-state index contributed by atoms with van der Waals surface area (Å²) in [5.74, 6) is -0.454. The zero-order valence-electron chi connectivity index (χ0n) is 12.8. The Balaban J connectivity index is 1.58. The Morgan fingerprint density at radius 1 is 0.957 bits per heavy atom. The zero-order valence-corrected chi connectivity index (χ0v) is 12.8. The highest BCUT2D eigenvalue weighted by atomic mass is 16.3. The highest BCUT2D eigenvalue weighted by Gasteiger charge is 2.34. The highest BCUT2D eigenvalue weighted by Crippen LogP contribution is 2.27. The number of fused-ring (bicyclic) bond motifs is 1. The topological polar surface area (TPSA) is 82.8 Å². The van der Waals surface area contributed by atoms with E-state index in [1.54, 1.807) is 31.2 Å². The molecule has 2 heterocycles. The molecular weight excluding hydrogens is 296 g/mol. The molecule has 1 aliphatic rings. The summed E-state index contributed by atoms with van der Waals surface area (Å²) in [6, 6.07) is 8.31. The first-order valence-electron chi connectivity index (χ1n) is 7.54. The molecular formula is C17H18N2O4.